The minimum Gasteiger partial charge on any atom is -0.256 e. The van der Waals surface area contributed by atoms with Crippen molar-refractivity contribution in [3.63, 3.8) is 0 Å². The van der Waals surface area contributed by atoms with Gasteiger partial charge in [0.25, 0.3) is 0 Å². The Bertz CT molecular complexity index is 864. The molecule has 1 aromatic carbocycles. The lowest BCUT2D eigenvalue weighted by Gasteiger charge is -2.33. The van der Waals surface area contributed by atoms with E-state index < -0.39 is 0 Å². The molecule has 3 rings (SSSR count). The molecule has 218 valence electrons. The van der Waals surface area contributed by atoms with E-state index in [1.807, 2.05) is 0 Å². The largest absolute Gasteiger partial charge is 0.256 e. The Morgan fingerprint density at radius 3 is 1.44 bits per heavy atom. The topological polar surface area (TPSA) is 12.9 Å². The number of fused-ring (bicyclic) bond motifs is 3. The van der Waals surface area contributed by atoms with Crippen LogP contribution in [0.1, 0.15) is 177 Å². The fourth-order valence-electron chi connectivity index (χ4n) is 7.05. The quantitative estimate of drug-likeness (QED) is 0.138. The van der Waals surface area contributed by atoms with Gasteiger partial charge in [-0.15, -0.1) is 0 Å². The predicted molar refractivity (Wildman–Crippen MR) is 173 cm³/mol. The highest BCUT2D eigenvalue weighted by Crippen LogP contribution is 2.53. The molecule has 0 radical (unpaired) electrons. The van der Waals surface area contributed by atoms with Crippen LogP contribution in [0.25, 0.3) is 11.3 Å². The third-order valence-corrected chi connectivity index (χ3v) is 9.40. The Morgan fingerprint density at radius 1 is 0.513 bits per heavy atom. The van der Waals surface area contributed by atoms with Crippen molar-refractivity contribution in [1.82, 2.24) is 4.98 Å². The monoisotopic (exact) mass is 531 g/mol. The van der Waals surface area contributed by atoms with Gasteiger partial charge < -0.3 is 0 Å². The molecule has 0 aliphatic heterocycles. The summed E-state index contributed by atoms with van der Waals surface area (Å²) in [4.78, 5) is 5.02. The first-order chi connectivity index (χ1) is 19.1. The van der Waals surface area contributed by atoms with Gasteiger partial charge in [0.15, 0.2) is 0 Å². The first-order valence-electron chi connectivity index (χ1n) is 17.2. The molecule has 0 unspecified atom stereocenters. The number of benzene rings is 1. The second-order valence-corrected chi connectivity index (χ2v) is 12.9. The standard InChI is InChI=1S/C38H61N/c1-5-7-9-11-13-15-17-19-21-23-27-38(28-24-22-20-18-16-14-12-10-8-6-2)35-29-32(3)25-26-34(35)37-36(38)30-33(4)31-39-37/h25-26,29-31H,5-24,27-28H2,1-4H3. The van der Waals surface area contributed by atoms with Crippen molar-refractivity contribution in [3.05, 3.63) is 52.7 Å². The highest BCUT2D eigenvalue weighted by atomic mass is 14.7. The van der Waals surface area contributed by atoms with Crippen LogP contribution in [0.3, 0.4) is 0 Å². The van der Waals surface area contributed by atoms with Gasteiger partial charge in [0, 0.05) is 17.2 Å². The van der Waals surface area contributed by atoms with Gasteiger partial charge in [0.2, 0.25) is 0 Å². The van der Waals surface area contributed by atoms with Crippen LogP contribution in [0.4, 0.5) is 0 Å². The number of rotatable bonds is 22. The highest BCUT2D eigenvalue weighted by Gasteiger charge is 2.43. The maximum Gasteiger partial charge on any atom is 0.0746 e. The molecule has 39 heavy (non-hydrogen) atoms. The van der Waals surface area contributed by atoms with Gasteiger partial charge in [0.1, 0.15) is 0 Å². The van der Waals surface area contributed by atoms with Crippen LogP contribution in [0.2, 0.25) is 0 Å². The second-order valence-electron chi connectivity index (χ2n) is 12.9. The average Bonchev–Trinajstić information content (AvgIpc) is 3.19. The van der Waals surface area contributed by atoms with Crippen LogP contribution in [0.5, 0.6) is 0 Å². The Hall–Kier alpha value is -1.63. The Morgan fingerprint density at radius 2 is 0.949 bits per heavy atom. The van der Waals surface area contributed by atoms with Crippen LogP contribution < -0.4 is 0 Å². The van der Waals surface area contributed by atoms with Crippen molar-refractivity contribution in [3.8, 4) is 11.3 Å². The number of pyridine rings is 1. The zero-order valence-corrected chi connectivity index (χ0v) is 26.4. The lowest BCUT2D eigenvalue weighted by atomic mass is 9.70. The maximum atomic E-state index is 5.02. The van der Waals surface area contributed by atoms with Crippen LogP contribution in [-0.2, 0) is 5.41 Å². The molecular formula is C38H61N. The van der Waals surface area contributed by atoms with Crippen molar-refractivity contribution < 1.29 is 0 Å². The minimum absolute atomic E-state index is 0.163. The van der Waals surface area contributed by atoms with E-state index in [0.717, 1.165) is 0 Å². The number of aromatic nitrogens is 1. The number of hydrogen-bond donors (Lipinski definition) is 0. The summed E-state index contributed by atoms with van der Waals surface area (Å²) in [5.74, 6) is 0. The fraction of sp³-hybridized carbons (Fsp3) is 0.711. The van der Waals surface area contributed by atoms with Crippen molar-refractivity contribution in [2.45, 2.75) is 174 Å². The van der Waals surface area contributed by atoms with Gasteiger partial charge in [-0.2, -0.15) is 0 Å². The SMILES string of the molecule is CCCCCCCCCCCCC1(CCCCCCCCCCCC)c2cc(C)ccc2-c2ncc(C)cc21. The Labute approximate surface area is 243 Å². The van der Waals surface area contributed by atoms with Crippen LogP contribution in [0.15, 0.2) is 30.5 Å². The Balaban J connectivity index is 1.59. The first-order valence-corrected chi connectivity index (χ1v) is 17.2. The molecule has 0 amide bonds. The van der Waals surface area contributed by atoms with E-state index in [-0.39, 0.29) is 5.41 Å². The summed E-state index contributed by atoms with van der Waals surface area (Å²) >= 11 is 0. The van der Waals surface area contributed by atoms with E-state index >= 15 is 0 Å². The molecule has 0 spiro atoms. The first kappa shape index (κ1) is 31.9. The maximum absolute atomic E-state index is 5.02. The number of nitrogens with zero attached hydrogens (tertiary/aromatic N) is 1. The molecule has 1 aliphatic rings. The molecular weight excluding hydrogens is 470 g/mol. The second kappa shape index (κ2) is 17.9. The summed E-state index contributed by atoms with van der Waals surface area (Å²) in [5, 5.41) is 0. The summed E-state index contributed by atoms with van der Waals surface area (Å²) < 4.78 is 0. The average molecular weight is 532 g/mol. The van der Waals surface area contributed by atoms with E-state index in [4.69, 9.17) is 4.98 Å². The number of unbranched alkanes of at least 4 members (excludes halogenated alkanes) is 18. The molecule has 0 bridgehead atoms. The van der Waals surface area contributed by atoms with Gasteiger partial charge in [-0.1, -0.05) is 172 Å². The van der Waals surface area contributed by atoms with Gasteiger partial charge in [0.05, 0.1) is 5.69 Å². The molecule has 0 atom stereocenters. The predicted octanol–water partition coefficient (Wildman–Crippen LogP) is 12.6. The Kier molecular flexibility index (Phi) is 14.7. The van der Waals surface area contributed by atoms with E-state index in [1.54, 1.807) is 5.56 Å². The van der Waals surface area contributed by atoms with E-state index in [2.05, 4.69) is 58.2 Å². The van der Waals surface area contributed by atoms with Crippen molar-refractivity contribution in [2.75, 3.05) is 0 Å². The molecule has 0 fully saturated rings. The molecule has 1 heterocycles. The summed E-state index contributed by atoms with van der Waals surface area (Å²) in [7, 11) is 0. The molecule has 0 saturated heterocycles. The van der Waals surface area contributed by atoms with Crippen LogP contribution >= 0.6 is 0 Å². The number of aryl methyl sites for hydroxylation is 2. The zero-order chi connectivity index (χ0) is 27.8. The summed E-state index contributed by atoms with van der Waals surface area (Å²) in [5.41, 5.74) is 8.68. The number of hydrogen-bond acceptors (Lipinski definition) is 1. The van der Waals surface area contributed by atoms with Crippen molar-refractivity contribution >= 4 is 0 Å². The lowest BCUT2D eigenvalue weighted by Crippen LogP contribution is -2.26. The molecule has 1 aliphatic carbocycles. The molecule has 0 saturated carbocycles. The lowest BCUT2D eigenvalue weighted by molar-refractivity contribution is 0.396. The fourth-order valence-corrected chi connectivity index (χ4v) is 7.05. The van der Waals surface area contributed by atoms with E-state index in [9.17, 15) is 0 Å². The molecule has 1 heteroatoms. The smallest absolute Gasteiger partial charge is 0.0746 e. The van der Waals surface area contributed by atoms with Gasteiger partial charge in [-0.25, -0.2) is 0 Å². The summed E-state index contributed by atoms with van der Waals surface area (Å²) in [6.07, 6.45) is 32.8. The normalized spacial score (nSPS) is 13.5. The van der Waals surface area contributed by atoms with Crippen molar-refractivity contribution in [2.24, 2.45) is 0 Å². The summed E-state index contributed by atoms with van der Waals surface area (Å²) in [6.45, 7) is 9.12. The van der Waals surface area contributed by atoms with E-state index in [1.165, 1.54) is 169 Å². The molecule has 0 N–H and O–H groups in total. The third kappa shape index (κ3) is 9.75. The minimum atomic E-state index is 0.163. The van der Waals surface area contributed by atoms with Crippen LogP contribution in [0, 0.1) is 13.8 Å². The molecule has 1 nitrogen and oxygen atoms in total. The van der Waals surface area contributed by atoms with Gasteiger partial charge in [-0.05, 0) is 43.4 Å². The molecule has 1 aromatic heterocycles. The van der Waals surface area contributed by atoms with Gasteiger partial charge in [-0.3, -0.25) is 4.98 Å². The summed E-state index contributed by atoms with van der Waals surface area (Å²) in [6, 6.07) is 9.66. The zero-order valence-electron chi connectivity index (χ0n) is 26.4. The van der Waals surface area contributed by atoms with Crippen molar-refractivity contribution in [1.29, 1.82) is 0 Å². The molecule has 2 aromatic rings. The van der Waals surface area contributed by atoms with Gasteiger partial charge >= 0.3 is 0 Å². The van der Waals surface area contributed by atoms with Crippen LogP contribution in [-0.4, -0.2) is 4.98 Å². The third-order valence-electron chi connectivity index (χ3n) is 9.40. The van der Waals surface area contributed by atoms with E-state index in [0.29, 0.717) is 0 Å². The highest BCUT2D eigenvalue weighted by molar-refractivity contribution is 5.78.